The normalized spacial score (nSPS) is 15.8. The van der Waals surface area contributed by atoms with Crippen molar-refractivity contribution in [1.29, 1.82) is 0 Å². The van der Waals surface area contributed by atoms with Crippen LogP contribution >= 0.6 is 12.4 Å². The summed E-state index contributed by atoms with van der Waals surface area (Å²) in [7, 11) is 1.68. The molecule has 4 nitrogen and oxygen atoms in total. The maximum Gasteiger partial charge on any atom is 0.230 e. The Labute approximate surface area is 168 Å². The highest BCUT2D eigenvalue weighted by atomic mass is 35.5. The molecule has 1 heterocycles. The molecule has 3 rings (SSSR count). The molecule has 1 unspecified atom stereocenters. The molecule has 0 saturated carbocycles. The van der Waals surface area contributed by atoms with Crippen molar-refractivity contribution >= 4 is 29.1 Å². The molecule has 1 fully saturated rings. The topological polar surface area (TPSA) is 41.6 Å². The maximum atomic E-state index is 13.3. The molecule has 1 amide bonds. The van der Waals surface area contributed by atoms with Gasteiger partial charge in [0.1, 0.15) is 5.75 Å². The molecule has 1 aliphatic rings. The number of piperidine rings is 1. The Morgan fingerprint density at radius 1 is 1.19 bits per heavy atom. The minimum Gasteiger partial charge on any atom is -0.497 e. The quantitative estimate of drug-likeness (QED) is 0.796. The van der Waals surface area contributed by atoms with E-state index in [1.807, 2.05) is 19.1 Å². The summed E-state index contributed by atoms with van der Waals surface area (Å²) in [5, 5.41) is 5.67. The summed E-state index contributed by atoms with van der Waals surface area (Å²) in [5.74, 6) is 0.990. The predicted octanol–water partition coefficient (Wildman–Crippen LogP) is 4.36. The summed E-state index contributed by atoms with van der Waals surface area (Å²) in [6, 6.07) is 12.7. The van der Waals surface area contributed by atoms with Crippen LogP contribution in [0.1, 0.15) is 44.6 Å². The van der Waals surface area contributed by atoms with E-state index in [0.717, 1.165) is 61.0 Å². The first-order valence-electron chi connectivity index (χ1n) is 9.73. The van der Waals surface area contributed by atoms with Gasteiger partial charge in [0.05, 0.1) is 13.0 Å². The number of rotatable bonds is 6. The van der Waals surface area contributed by atoms with Gasteiger partial charge in [-0.05, 0) is 67.7 Å². The second-order valence-electron chi connectivity index (χ2n) is 7.21. The summed E-state index contributed by atoms with van der Waals surface area (Å²) in [6.07, 6.45) is 3.10. The van der Waals surface area contributed by atoms with Gasteiger partial charge in [0.25, 0.3) is 0 Å². The third kappa shape index (κ3) is 4.94. The minimum absolute atomic E-state index is 0. The van der Waals surface area contributed by atoms with Gasteiger partial charge in [0.2, 0.25) is 5.91 Å². The molecular weight excluding hydrogens is 360 g/mol. The van der Waals surface area contributed by atoms with E-state index in [0.29, 0.717) is 6.04 Å². The van der Waals surface area contributed by atoms with Crippen molar-refractivity contribution in [2.45, 2.75) is 45.1 Å². The fraction of sp³-hybridized carbons (Fsp3) is 0.500. The van der Waals surface area contributed by atoms with Crippen LogP contribution < -0.4 is 10.1 Å². The molecule has 1 saturated heterocycles. The van der Waals surface area contributed by atoms with Crippen LogP contribution in [0, 0.1) is 0 Å². The van der Waals surface area contributed by atoms with Gasteiger partial charge in [-0.2, -0.15) is 0 Å². The van der Waals surface area contributed by atoms with E-state index in [-0.39, 0.29) is 24.2 Å². The lowest BCUT2D eigenvalue weighted by Crippen LogP contribution is -2.47. The molecule has 148 valence electrons. The first kappa shape index (κ1) is 21.5. The number of benzene rings is 2. The molecule has 5 heteroatoms. The fourth-order valence-corrected chi connectivity index (χ4v) is 3.86. The highest BCUT2D eigenvalue weighted by molar-refractivity contribution is 5.88. The van der Waals surface area contributed by atoms with Crippen molar-refractivity contribution in [3.05, 3.63) is 42.0 Å². The van der Waals surface area contributed by atoms with Crippen molar-refractivity contribution in [2.75, 3.05) is 26.7 Å². The van der Waals surface area contributed by atoms with Crippen LogP contribution in [0.15, 0.2) is 36.4 Å². The summed E-state index contributed by atoms with van der Waals surface area (Å²) in [6.45, 7) is 7.04. The highest BCUT2D eigenvalue weighted by Gasteiger charge is 2.28. The number of hydrogen-bond donors (Lipinski definition) is 1. The van der Waals surface area contributed by atoms with Gasteiger partial charge >= 0.3 is 0 Å². The smallest absolute Gasteiger partial charge is 0.230 e. The molecule has 0 spiro atoms. The number of carbonyl (C=O) groups is 1. The summed E-state index contributed by atoms with van der Waals surface area (Å²) >= 11 is 0. The van der Waals surface area contributed by atoms with Crippen molar-refractivity contribution in [2.24, 2.45) is 0 Å². The van der Waals surface area contributed by atoms with E-state index < -0.39 is 0 Å². The third-order valence-corrected chi connectivity index (χ3v) is 5.44. The number of amides is 1. The molecule has 2 aromatic carbocycles. The molecule has 2 aromatic rings. The van der Waals surface area contributed by atoms with Crippen molar-refractivity contribution in [1.82, 2.24) is 10.2 Å². The van der Waals surface area contributed by atoms with Gasteiger partial charge in [0.15, 0.2) is 0 Å². The Balaban J connectivity index is 0.00000261. The van der Waals surface area contributed by atoms with Crippen LogP contribution in [0.3, 0.4) is 0 Å². The Kier molecular flexibility index (Phi) is 7.93. The van der Waals surface area contributed by atoms with Crippen molar-refractivity contribution < 1.29 is 9.53 Å². The second-order valence-corrected chi connectivity index (χ2v) is 7.21. The first-order chi connectivity index (χ1) is 12.6. The van der Waals surface area contributed by atoms with Gasteiger partial charge < -0.3 is 15.0 Å². The number of halogens is 1. The Morgan fingerprint density at radius 2 is 1.85 bits per heavy atom. The number of hydrogen-bond acceptors (Lipinski definition) is 3. The number of nitrogens with one attached hydrogen (secondary N) is 1. The molecule has 0 radical (unpaired) electrons. The molecular formula is C22H31ClN2O2. The van der Waals surface area contributed by atoms with E-state index in [1.165, 1.54) is 0 Å². The minimum atomic E-state index is -0.122. The van der Waals surface area contributed by atoms with Crippen LogP contribution in [-0.4, -0.2) is 43.6 Å². The molecule has 0 aliphatic carbocycles. The molecule has 1 N–H and O–H groups in total. The highest BCUT2D eigenvalue weighted by Crippen LogP contribution is 2.27. The second kappa shape index (κ2) is 9.95. The zero-order valence-corrected chi connectivity index (χ0v) is 17.3. The average Bonchev–Trinajstić information content (AvgIpc) is 2.70. The first-order valence-corrected chi connectivity index (χ1v) is 9.73. The van der Waals surface area contributed by atoms with E-state index in [1.54, 1.807) is 7.11 Å². The predicted molar refractivity (Wildman–Crippen MR) is 114 cm³/mol. The summed E-state index contributed by atoms with van der Waals surface area (Å²) < 4.78 is 5.30. The Bertz CT molecular complexity index is 759. The van der Waals surface area contributed by atoms with Gasteiger partial charge in [-0.25, -0.2) is 0 Å². The zero-order chi connectivity index (χ0) is 18.5. The van der Waals surface area contributed by atoms with E-state index in [2.05, 4.69) is 41.4 Å². The van der Waals surface area contributed by atoms with Crippen LogP contribution in [-0.2, 0) is 4.79 Å². The van der Waals surface area contributed by atoms with Gasteiger partial charge in [0, 0.05) is 12.6 Å². The number of methoxy groups -OCH3 is 1. The van der Waals surface area contributed by atoms with Gasteiger partial charge in [-0.3, -0.25) is 4.79 Å². The van der Waals surface area contributed by atoms with Crippen LogP contribution in [0.25, 0.3) is 10.8 Å². The zero-order valence-electron chi connectivity index (χ0n) is 16.5. The van der Waals surface area contributed by atoms with E-state index in [9.17, 15) is 4.79 Å². The monoisotopic (exact) mass is 390 g/mol. The van der Waals surface area contributed by atoms with Gasteiger partial charge in [-0.1, -0.05) is 31.2 Å². The lowest BCUT2D eigenvalue weighted by molar-refractivity contribution is -0.135. The molecule has 27 heavy (non-hydrogen) atoms. The van der Waals surface area contributed by atoms with E-state index in [4.69, 9.17) is 4.74 Å². The van der Waals surface area contributed by atoms with Crippen LogP contribution in [0.2, 0.25) is 0 Å². The van der Waals surface area contributed by atoms with E-state index >= 15 is 0 Å². The Hall–Kier alpha value is -1.78. The largest absolute Gasteiger partial charge is 0.497 e. The summed E-state index contributed by atoms with van der Waals surface area (Å²) in [5.41, 5.74) is 1.09. The standard InChI is InChI=1S/C22H30N2O2.ClH/c1-4-13-24(20-9-11-23-12-10-20)22(25)16(2)17-5-6-19-15-21(26-3)8-7-18(19)14-17;/h5-8,14-16,20,23H,4,9-13H2,1-3H3;1H. The Morgan fingerprint density at radius 3 is 2.52 bits per heavy atom. The maximum absolute atomic E-state index is 13.3. The van der Waals surface area contributed by atoms with Crippen LogP contribution in [0.5, 0.6) is 5.75 Å². The van der Waals surface area contributed by atoms with Crippen molar-refractivity contribution in [3.8, 4) is 5.75 Å². The fourth-order valence-electron chi connectivity index (χ4n) is 3.86. The molecule has 0 aromatic heterocycles. The molecule has 0 bridgehead atoms. The summed E-state index contributed by atoms with van der Waals surface area (Å²) in [4.78, 5) is 15.4. The number of carbonyl (C=O) groups excluding carboxylic acids is 1. The lowest BCUT2D eigenvalue weighted by Gasteiger charge is -2.36. The number of fused-ring (bicyclic) bond motifs is 1. The van der Waals surface area contributed by atoms with Crippen molar-refractivity contribution in [3.63, 3.8) is 0 Å². The van der Waals surface area contributed by atoms with Gasteiger partial charge in [-0.15, -0.1) is 12.4 Å². The average molecular weight is 391 g/mol. The third-order valence-electron chi connectivity index (χ3n) is 5.44. The molecule has 1 aliphatic heterocycles. The SMILES string of the molecule is CCCN(C(=O)C(C)c1ccc2cc(OC)ccc2c1)C1CCNCC1.Cl. The lowest BCUT2D eigenvalue weighted by atomic mass is 9.94. The number of ether oxygens (including phenoxy) is 1. The van der Waals surface area contributed by atoms with Crippen LogP contribution in [0.4, 0.5) is 0 Å². The molecule has 1 atom stereocenters. The number of nitrogens with zero attached hydrogens (tertiary/aromatic N) is 1.